The number of aromatic amines is 1. The Morgan fingerprint density at radius 1 is 1.50 bits per heavy atom. The maximum Gasteiger partial charge on any atom is 0.306 e. The average Bonchev–Trinajstić information content (AvgIpc) is 2.99. The maximum absolute atomic E-state index is 11.9. The van der Waals surface area contributed by atoms with Gasteiger partial charge in [-0.2, -0.15) is 4.98 Å². The van der Waals surface area contributed by atoms with E-state index >= 15 is 0 Å². The summed E-state index contributed by atoms with van der Waals surface area (Å²) < 4.78 is 10.6. The van der Waals surface area contributed by atoms with Crippen molar-refractivity contribution in [1.29, 1.82) is 0 Å². The minimum absolute atomic E-state index is 0.0509. The summed E-state index contributed by atoms with van der Waals surface area (Å²) in [4.78, 5) is 36.2. The van der Waals surface area contributed by atoms with E-state index in [0.717, 1.165) is 0 Å². The number of nitrogen functional groups attached to an aromatic ring is 1. The average molecular weight is 365 g/mol. The quantitative estimate of drug-likeness (QED) is 0.192. The van der Waals surface area contributed by atoms with E-state index in [2.05, 4.69) is 35.3 Å². The highest BCUT2D eigenvalue weighted by Gasteiger charge is 2.32. The summed E-state index contributed by atoms with van der Waals surface area (Å²) in [5.41, 5.74) is 22.1. The van der Waals surface area contributed by atoms with Gasteiger partial charge in [0.1, 0.15) is 5.69 Å². The molecule has 2 rings (SSSR count). The Bertz CT molecular complexity index is 826. The molecule has 2 unspecified atom stereocenters. The summed E-state index contributed by atoms with van der Waals surface area (Å²) in [6, 6.07) is -0.818. The number of carbonyl (C=O) groups is 1. The molecule has 1 aromatic heterocycles. The summed E-state index contributed by atoms with van der Waals surface area (Å²) >= 11 is 0. The van der Waals surface area contributed by atoms with Crippen molar-refractivity contribution in [3.05, 3.63) is 31.2 Å². The summed E-state index contributed by atoms with van der Waals surface area (Å²) in [5, 5.41) is 9.54. The first-order valence-corrected chi connectivity index (χ1v) is 7.20. The summed E-state index contributed by atoms with van der Waals surface area (Å²) in [6.45, 7) is 0.860. The lowest BCUT2D eigenvalue weighted by Gasteiger charge is -2.28. The van der Waals surface area contributed by atoms with Gasteiger partial charge in [0.25, 0.3) is 12.0 Å². The fourth-order valence-corrected chi connectivity index (χ4v) is 2.11. The molecule has 1 aliphatic heterocycles. The molecule has 2 heterocycles. The lowest BCUT2D eigenvalue weighted by molar-refractivity contribution is -0.176. The van der Waals surface area contributed by atoms with Gasteiger partial charge in [-0.1, -0.05) is 10.2 Å². The Balaban J connectivity index is 2.21. The van der Waals surface area contributed by atoms with Crippen LogP contribution in [-0.2, 0) is 14.3 Å². The van der Waals surface area contributed by atoms with E-state index in [4.69, 9.17) is 26.3 Å². The zero-order valence-corrected chi connectivity index (χ0v) is 13.6. The van der Waals surface area contributed by atoms with Crippen LogP contribution in [0.4, 0.5) is 17.5 Å². The van der Waals surface area contributed by atoms with E-state index in [-0.39, 0.29) is 37.3 Å². The lowest BCUT2D eigenvalue weighted by Crippen LogP contribution is -2.42. The summed E-state index contributed by atoms with van der Waals surface area (Å²) in [7, 11) is 0. The maximum atomic E-state index is 11.9. The van der Waals surface area contributed by atoms with Gasteiger partial charge in [-0.3, -0.25) is 19.5 Å². The normalized spacial score (nSPS) is 14.3. The van der Waals surface area contributed by atoms with Crippen molar-refractivity contribution < 1.29 is 14.3 Å². The fraction of sp³-hybridized carbons (Fsp3) is 0.545. The molecule has 138 valence electrons. The predicted molar refractivity (Wildman–Crippen MR) is 88.7 cm³/mol. The topological polar surface area (TPSA) is 220 Å². The van der Waals surface area contributed by atoms with Crippen LogP contribution in [0.1, 0.15) is 6.92 Å². The first-order chi connectivity index (χ1) is 12.5. The van der Waals surface area contributed by atoms with Gasteiger partial charge in [0.2, 0.25) is 5.95 Å². The number of ether oxygens (including phenoxy) is 2. The molecule has 0 spiro atoms. The van der Waals surface area contributed by atoms with Gasteiger partial charge < -0.3 is 20.5 Å². The highest BCUT2D eigenvalue weighted by molar-refractivity contribution is 5.72. The van der Waals surface area contributed by atoms with Gasteiger partial charge in [0.05, 0.1) is 19.3 Å². The number of nitrogens with two attached hydrogens (primary N) is 1. The number of H-pyrrole nitrogens is 1. The van der Waals surface area contributed by atoms with Crippen molar-refractivity contribution in [3.8, 4) is 0 Å². The molecule has 15 nitrogen and oxygen atoms in total. The van der Waals surface area contributed by atoms with Crippen molar-refractivity contribution in [2.45, 2.75) is 19.4 Å². The van der Waals surface area contributed by atoms with E-state index in [1.165, 1.54) is 11.8 Å². The Morgan fingerprint density at radius 2 is 2.27 bits per heavy atom. The van der Waals surface area contributed by atoms with Crippen LogP contribution in [0.25, 0.3) is 20.9 Å². The largest absolute Gasteiger partial charge is 0.416 e. The third-order valence-electron chi connectivity index (χ3n) is 3.14. The molecule has 0 bridgehead atoms. The molecule has 26 heavy (non-hydrogen) atoms. The smallest absolute Gasteiger partial charge is 0.306 e. The van der Waals surface area contributed by atoms with Gasteiger partial charge in [-0.25, -0.2) is 0 Å². The minimum Gasteiger partial charge on any atom is -0.416 e. The van der Waals surface area contributed by atoms with Crippen LogP contribution in [0, 0.1) is 0 Å². The van der Waals surface area contributed by atoms with E-state index in [9.17, 15) is 9.59 Å². The summed E-state index contributed by atoms with van der Waals surface area (Å²) in [5.74, 6) is -0.649. The molecule has 0 saturated carbocycles. The predicted octanol–water partition coefficient (Wildman–Crippen LogP) is 0.394. The molecule has 1 aliphatic rings. The van der Waals surface area contributed by atoms with Gasteiger partial charge in [0.15, 0.2) is 5.82 Å². The molecule has 0 aliphatic carbocycles. The second-order valence-electron chi connectivity index (χ2n) is 4.98. The molecular weight excluding hydrogens is 350 g/mol. The number of carbonyl (C=O) groups excluding carboxylic acids is 1. The summed E-state index contributed by atoms with van der Waals surface area (Å²) in [6.07, 6.45) is -1.28. The number of anilines is 3. The third-order valence-corrected chi connectivity index (χ3v) is 3.14. The third kappa shape index (κ3) is 4.45. The Labute approximate surface area is 145 Å². The van der Waals surface area contributed by atoms with Crippen LogP contribution in [0.2, 0.25) is 0 Å². The number of nitrogens with zero attached hydrogens (tertiary/aromatic N) is 8. The second-order valence-corrected chi connectivity index (χ2v) is 4.98. The number of rotatable bonds is 8. The SMILES string of the molecule is CC(=O)OC(OCC(CN=[N+]=[N-])N=[N+]=[N-])N1CNc2c1nc(N)[nH]c2=O. The zero-order chi connectivity index (χ0) is 19.1. The second kappa shape index (κ2) is 8.43. The molecule has 0 fully saturated rings. The standard InChI is InChI=1S/C11H15N11O4/c1-5(23)26-11(25-3-6(19-21-14)2-16-20-13)22-4-15-7-8(22)17-10(12)18-9(7)24/h6,11,15H,2-4H2,1H3,(H3,12,17,18,24). The molecular formula is C11H15N11O4. The van der Waals surface area contributed by atoms with Crippen molar-refractivity contribution in [2.75, 3.05) is 35.8 Å². The number of esters is 1. The number of hydrogen-bond donors (Lipinski definition) is 3. The number of fused-ring (bicyclic) bond motifs is 1. The van der Waals surface area contributed by atoms with Gasteiger partial charge in [-0.05, 0) is 11.1 Å². The number of azide groups is 2. The molecule has 4 N–H and O–H groups in total. The Morgan fingerprint density at radius 3 is 2.92 bits per heavy atom. The molecule has 0 aromatic carbocycles. The molecule has 0 amide bonds. The van der Waals surface area contributed by atoms with Crippen molar-refractivity contribution in [1.82, 2.24) is 9.97 Å². The van der Waals surface area contributed by atoms with Crippen LogP contribution in [0.3, 0.4) is 0 Å². The fourth-order valence-electron chi connectivity index (χ4n) is 2.11. The highest BCUT2D eigenvalue weighted by atomic mass is 16.7. The van der Waals surface area contributed by atoms with Crippen LogP contribution in [0.15, 0.2) is 15.0 Å². The van der Waals surface area contributed by atoms with Crippen molar-refractivity contribution >= 4 is 23.4 Å². The molecule has 15 heteroatoms. The number of nitrogens with one attached hydrogen (secondary N) is 2. The van der Waals surface area contributed by atoms with E-state index < -0.39 is 24.0 Å². The van der Waals surface area contributed by atoms with Crippen LogP contribution >= 0.6 is 0 Å². The van der Waals surface area contributed by atoms with Gasteiger partial charge in [0, 0.05) is 23.3 Å². The lowest BCUT2D eigenvalue weighted by atomic mass is 10.3. The first kappa shape index (κ1) is 18.7. The Hall–Kier alpha value is -3.67. The highest BCUT2D eigenvalue weighted by Crippen LogP contribution is 2.28. The van der Waals surface area contributed by atoms with Crippen molar-refractivity contribution in [3.63, 3.8) is 0 Å². The van der Waals surface area contributed by atoms with Crippen LogP contribution in [0.5, 0.6) is 0 Å². The van der Waals surface area contributed by atoms with E-state index in [1.54, 1.807) is 0 Å². The first-order valence-electron chi connectivity index (χ1n) is 7.20. The molecule has 0 saturated heterocycles. The number of hydrogen-bond acceptors (Lipinski definition) is 10. The molecule has 0 radical (unpaired) electrons. The minimum atomic E-state index is -1.28. The zero-order valence-electron chi connectivity index (χ0n) is 13.6. The van der Waals surface area contributed by atoms with E-state index in [0.29, 0.717) is 0 Å². The van der Waals surface area contributed by atoms with Crippen LogP contribution in [-0.4, -0.2) is 48.2 Å². The molecule has 2 atom stereocenters. The van der Waals surface area contributed by atoms with Gasteiger partial charge >= 0.3 is 5.97 Å². The van der Waals surface area contributed by atoms with Crippen LogP contribution < -0.4 is 21.5 Å². The molecule has 1 aromatic rings. The van der Waals surface area contributed by atoms with Gasteiger partial charge in [-0.15, -0.1) is 0 Å². The number of aromatic nitrogens is 2. The Kier molecular flexibility index (Phi) is 6.06. The monoisotopic (exact) mass is 365 g/mol. The van der Waals surface area contributed by atoms with E-state index in [1.807, 2.05) is 0 Å². The van der Waals surface area contributed by atoms with Crippen molar-refractivity contribution in [2.24, 2.45) is 10.2 Å².